The molecule has 0 radical (unpaired) electrons. The minimum Gasteiger partial charge on any atom is -0.500 e. The number of phenolic OH excluding ortho intramolecular Hbond substituents is 1. The lowest BCUT2D eigenvalue weighted by Gasteiger charge is -2.06. The number of phenols is 1. The van der Waals surface area contributed by atoms with Crippen molar-refractivity contribution in [2.45, 2.75) is 0 Å². The maximum atomic E-state index is 12.2. The summed E-state index contributed by atoms with van der Waals surface area (Å²) in [5.74, 6) is -0.898. The Hall–Kier alpha value is -2.87. The van der Waals surface area contributed by atoms with Crippen LogP contribution in [0.15, 0.2) is 34.8 Å². The second-order valence-corrected chi connectivity index (χ2v) is 5.97. The standard InChI is InChI=1S/C16H11BrN2O5/c1-24-14-6-8(5-13(15(14)20)19(22)23)4-11-10-7-9(17)2-3-12(10)18-16(11)21/h2-7,20H,1H3,(H,18,21)/b11-4+. The second-order valence-electron chi connectivity index (χ2n) is 5.05. The number of rotatable bonds is 3. The van der Waals surface area contributed by atoms with E-state index in [1.165, 1.54) is 25.3 Å². The Morgan fingerprint density at radius 3 is 2.75 bits per heavy atom. The average molecular weight is 391 g/mol. The van der Waals surface area contributed by atoms with Crippen LogP contribution in [-0.4, -0.2) is 23.0 Å². The molecule has 1 amide bonds. The van der Waals surface area contributed by atoms with Crippen LogP contribution in [0.5, 0.6) is 11.5 Å². The van der Waals surface area contributed by atoms with Gasteiger partial charge in [0.1, 0.15) is 0 Å². The van der Waals surface area contributed by atoms with E-state index in [1.807, 2.05) is 0 Å². The van der Waals surface area contributed by atoms with Crippen molar-refractivity contribution in [2.75, 3.05) is 12.4 Å². The first-order chi connectivity index (χ1) is 11.4. The highest BCUT2D eigenvalue weighted by Crippen LogP contribution is 2.39. The summed E-state index contributed by atoms with van der Waals surface area (Å²) >= 11 is 3.35. The van der Waals surface area contributed by atoms with Crippen molar-refractivity contribution in [1.82, 2.24) is 0 Å². The summed E-state index contributed by atoms with van der Waals surface area (Å²) in [4.78, 5) is 22.5. The molecular weight excluding hydrogens is 380 g/mol. The first kappa shape index (κ1) is 16.0. The third-order valence-electron chi connectivity index (χ3n) is 3.57. The number of carbonyl (C=O) groups is 1. The highest BCUT2D eigenvalue weighted by Gasteiger charge is 2.25. The van der Waals surface area contributed by atoms with Crippen LogP contribution in [0.4, 0.5) is 11.4 Å². The van der Waals surface area contributed by atoms with Crippen LogP contribution < -0.4 is 10.1 Å². The summed E-state index contributed by atoms with van der Waals surface area (Å²) in [5.41, 5.74) is 1.59. The lowest BCUT2D eigenvalue weighted by Crippen LogP contribution is -2.03. The molecule has 0 fully saturated rings. The molecule has 122 valence electrons. The SMILES string of the molecule is COc1cc(/C=C2/C(=O)Nc3ccc(Br)cc32)cc([N+](=O)[O-])c1O. The van der Waals surface area contributed by atoms with Crippen LogP contribution in [-0.2, 0) is 4.79 Å². The number of hydrogen-bond acceptors (Lipinski definition) is 5. The van der Waals surface area contributed by atoms with Gasteiger partial charge >= 0.3 is 5.69 Å². The molecule has 1 aliphatic heterocycles. The number of halogens is 1. The predicted molar refractivity (Wildman–Crippen MR) is 92.0 cm³/mol. The van der Waals surface area contributed by atoms with Gasteiger partial charge in [-0.25, -0.2) is 0 Å². The number of ether oxygens (including phenoxy) is 1. The minimum atomic E-state index is -0.709. The average Bonchev–Trinajstić information content (AvgIpc) is 2.84. The molecule has 0 saturated heterocycles. The number of nitro groups is 1. The second kappa shape index (κ2) is 5.97. The van der Waals surface area contributed by atoms with E-state index in [-0.39, 0.29) is 11.7 Å². The first-order valence-corrected chi connectivity index (χ1v) is 7.58. The molecule has 1 aliphatic rings. The van der Waals surface area contributed by atoms with Gasteiger partial charge in [-0.2, -0.15) is 0 Å². The van der Waals surface area contributed by atoms with Crippen LogP contribution in [0, 0.1) is 10.1 Å². The third kappa shape index (κ3) is 2.71. The summed E-state index contributed by atoms with van der Waals surface area (Å²) in [6, 6.07) is 7.96. The molecule has 0 spiro atoms. The number of anilines is 1. The summed E-state index contributed by atoms with van der Waals surface area (Å²) in [7, 11) is 1.30. The van der Waals surface area contributed by atoms with Crippen LogP contribution in [0.25, 0.3) is 11.6 Å². The zero-order valence-corrected chi connectivity index (χ0v) is 14.0. The van der Waals surface area contributed by atoms with E-state index in [9.17, 15) is 20.0 Å². The number of hydrogen-bond donors (Lipinski definition) is 2. The lowest BCUT2D eigenvalue weighted by molar-refractivity contribution is -0.386. The van der Waals surface area contributed by atoms with Gasteiger partial charge in [-0.3, -0.25) is 14.9 Å². The molecule has 0 saturated carbocycles. The van der Waals surface area contributed by atoms with Crippen molar-refractivity contribution in [1.29, 1.82) is 0 Å². The van der Waals surface area contributed by atoms with Gasteiger partial charge in [-0.1, -0.05) is 15.9 Å². The van der Waals surface area contributed by atoms with Crippen molar-refractivity contribution in [2.24, 2.45) is 0 Å². The fraction of sp³-hybridized carbons (Fsp3) is 0.0625. The summed E-state index contributed by atoms with van der Waals surface area (Å²) < 4.78 is 5.77. The molecule has 2 aromatic carbocycles. The number of amides is 1. The monoisotopic (exact) mass is 390 g/mol. The number of nitrogens with zero attached hydrogens (tertiary/aromatic N) is 1. The zero-order valence-electron chi connectivity index (χ0n) is 12.4. The highest BCUT2D eigenvalue weighted by atomic mass is 79.9. The van der Waals surface area contributed by atoms with Gasteiger partial charge in [0, 0.05) is 27.4 Å². The number of methoxy groups -OCH3 is 1. The Bertz CT molecular complexity index is 908. The van der Waals surface area contributed by atoms with Gasteiger partial charge in [0.2, 0.25) is 5.75 Å². The molecule has 0 bridgehead atoms. The van der Waals surface area contributed by atoms with Crippen LogP contribution >= 0.6 is 15.9 Å². The van der Waals surface area contributed by atoms with Crippen LogP contribution in [0.2, 0.25) is 0 Å². The molecule has 0 aromatic heterocycles. The molecular formula is C16H11BrN2O5. The Kier molecular flexibility index (Phi) is 3.98. The number of nitro benzene ring substituents is 1. The molecule has 0 atom stereocenters. The fourth-order valence-electron chi connectivity index (χ4n) is 2.46. The molecule has 1 heterocycles. The van der Waals surface area contributed by atoms with Gasteiger partial charge < -0.3 is 15.2 Å². The summed E-state index contributed by atoms with van der Waals surface area (Å²) in [6.45, 7) is 0. The fourth-order valence-corrected chi connectivity index (χ4v) is 2.82. The molecule has 2 N–H and O–H groups in total. The molecule has 3 rings (SSSR count). The van der Waals surface area contributed by atoms with Gasteiger partial charge in [-0.05, 0) is 35.9 Å². The van der Waals surface area contributed by atoms with Crippen molar-refractivity contribution in [3.05, 3.63) is 56.0 Å². The van der Waals surface area contributed by atoms with E-state index in [2.05, 4.69) is 21.2 Å². The summed E-state index contributed by atoms with van der Waals surface area (Å²) in [6.07, 6.45) is 1.52. The molecule has 24 heavy (non-hydrogen) atoms. The smallest absolute Gasteiger partial charge is 0.315 e. The van der Waals surface area contributed by atoms with Gasteiger partial charge in [-0.15, -0.1) is 0 Å². The number of carbonyl (C=O) groups excluding carboxylic acids is 1. The quantitative estimate of drug-likeness (QED) is 0.473. The van der Waals surface area contributed by atoms with E-state index >= 15 is 0 Å². The zero-order chi connectivity index (χ0) is 17.4. The topological polar surface area (TPSA) is 102 Å². The van der Waals surface area contributed by atoms with E-state index in [4.69, 9.17) is 4.74 Å². The van der Waals surface area contributed by atoms with Crippen molar-refractivity contribution in [3.8, 4) is 11.5 Å². The highest BCUT2D eigenvalue weighted by molar-refractivity contribution is 9.10. The Labute approximate surface area is 144 Å². The Morgan fingerprint density at radius 1 is 1.33 bits per heavy atom. The van der Waals surface area contributed by atoms with Gasteiger partial charge in [0.25, 0.3) is 5.91 Å². The normalized spacial score (nSPS) is 14.4. The van der Waals surface area contributed by atoms with Gasteiger partial charge in [0.15, 0.2) is 5.75 Å². The largest absolute Gasteiger partial charge is 0.500 e. The van der Waals surface area contributed by atoms with Crippen molar-refractivity contribution >= 4 is 44.9 Å². The van der Waals surface area contributed by atoms with E-state index in [0.717, 1.165) is 4.47 Å². The summed E-state index contributed by atoms with van der Waals surface area (Å²) in [5, 5.41) is 23.6. The molecule has 0 unspecified atom stereocenters. The van der Waals surface area contributed by atoms with Gasteiger partial charge in [0.05, 0.1) is 12.0 Å². The van der Waals surface area contributed by atoms with E-state index in [0.29, 0.717) is 22.4 Å². The van der Waals surface area contributed by atoms with Crippen LogP contribution in [0.1, 0.15) is 11.1 Å². The Morgan fingerprint density at radius 2 is 2.08 bits per heavy atom. The molecule has 7 nitrogen and oxygen atoms in total. The molecule has 0 aliphatic carbocycles. The van der Waals surface area contributed by atoms with E-state index < -0.39 is 16.4 Å². The van der Waals surface area contributed by atoms with Crippen molar-refractivity contribution < 1.29 is 19.6 Å². The third-order valence-corrected chi connectivity index (χ3v) is 4.06. The number of nitrogens with one attached hydrogen (secondary N) is 1. The minimum absolute atomic E-state index is 0.0380. The maximum Gasteiger partial charge on any atom is 0.315 e. The van der Waals surface area contributed by atoms with Crippen LogP contribution in [0.3, 0.4) is 0 Å². The number of fused-ring (bicyclic) bond motifs is 1. The van der Waals surface area contributed by atoms with E-state index in [1.54, 1.807) is 18.2 Å². The first-order valence-electron chi connectivity index (χ1n) is 6.79. The number of benzene rings is 2. The van der Waals surface area contributed by atoms with Crippen molar-refractivity contribution in [3.63, 3.8) is 0 Å². The maximum absolute atomic E-state index is 12.2. The predicted octanol–water partition coefficient (Wildman–Crippen LogP) is 3.56. The molecule has 8 heteroatoms. The molecule has 2 aromatic rings. The Balaban J connectivity index is 2.16. The number of aromatic hydroxyl groups is 1. The lowest BCUT2D eigenvalue weighted by atomic mass is 10.0.